The highest BCUT2D eigenvalue weighted by Gasteiger charge is 2.18. The molecule has 0 aliphatic heterocycles. The Morgan fingerprint density at radius 2 is 1.92 bits per heavy atom. The first-order valence-corrected chi connectivity index (χ1v) is 12.4. The van der Waals surface area contributed by atoms with Crippen LogP contribution in [0.3, 0.4) is 0 Å². The zero-order valence-corrected chi connectivity index (χ0v) is 22.8. The molecule has 0 fully saturated rings. The highest BCUT2D eigenvalue weighted by Crippen LogP contribution is 2.26. The molecule has 0 spiro atoms. The van der Waals surface area contributed by atoms with E-state index in [1.165, 1.54) is 0 Å². The average Bonchev–Trinajstić information content (AvgIpc) is 2.92. The predicted octanol–water partition coefficient (Wildman–Crippen LogP) is 1.47. The van der Waals surface area contributed by atoms with Crippen molar-refractivity contribution in [1.29, 1.82) is 0 Å². The van der Waals surface area contributed by atoms with Gasteiger partial charge in [0.2, 0.25) is 18.3 Å². The van der Waals surface area contributed by atoms with Crippen LogP contribution < -0.4 is 15.5 Å². The molecule has 0 radical (unpaired) electrons. The number of hydrogen-bond donors (Lipinski definition) is 2. The van der Waals surface area contributed by atoms with Crippen molar-refractivity contribution >= 4 is 69.7 Å². The van der Waals surface area contributed by atoms with Gasteiger partial charge in [-0.15, -0.1) is 5.37 Å². The van der Waals surface area contributed by atoms with Gasteiger partial charge in [0, 0.05) is 42.8 Å². The molecular formula is C27H32B3N5O3. The van der Waals surface area contributed by atoms with Gasteiger partial charge in [0.25, 0.3) is 0 Å². The molecule has 2 aromatic carbocycles. The van der Waals surface area contributed by atoms with Crippen molar-refractivity contribution in [2.75, 3.05) is 30.5 Å². The van der Waals surface area contributed by atoms with Crippen LogP contribution in [0.4, 0.5) is 17.3 Å². The maximum atomic E-state index is 13.1. The van der Waals surface area contributed by atoms with E-state index in [-0.39, 0.29) is 5.91 Å². The van der Waals surface area contributed by atoms with Gasteiger partial charge in [0.1, 0.15) is 23.5 Å². The van der Waals surface area contributed by atoms with Crippen LogP contribution in [-0.2, 0) is 14.3 Å². The number of anilines is 3. The van der Waals surface area contributed by atoms with Gasteiger partial charge in [0.05, 0.1) is 12.1 Å². The van der Waals surface area contributed by atoms with Crippen molar-refractivity contribution in [2.45, 2.75) is 13.8 Å². The van der Waals surface area contributed by atoms with Crippen LogP contribution in [0.25, 0.3) is 16.5 Å². The highest BCUT2D eigenvalue weighted by atomic mass is 16.5. The van der Waals surface area contributed by atoms with Gasteiger partial charge in [-0.2, -0.15) is 0 Å². The molecule has 0 saturated carbocycles. The summed E-state index contributed by atoms with van der Waals surface area (Å²) in [6, 6.07) is 13.7. The third-order valence-electron chi connectivity index (χ3n) is 6.35. The summed E-state index contributed by atoms with van der Waals surface area (Å²) in [5, 5.41) is 7.68. The van der Waals surface area contributed by atoms with Crippen LogP contribution in [0.15, 0.2) is 77.4 Å². The Labute approximate surface area is 226 Å². The van der Waals surface area contributed by atoms with Crippen LogP contribution in [0, 0.1) is 0 Å². The molecule has 11 heteroatoms. The number of benzene rings is 2. The van der Waals surface area contributed by atoms with Gasteiger partial charge in [-0.1, -0.05) is 12.1 Å². The maximum Gasteiger partial charge on any atom is 0.242 e. The third kappa shape index (κ3) is 7.23. The number of carbonyl (C=O) groups excluding carboxylic acids is 2. The molecular weight excluding hydrogens is 475 g/mol. The largest absolute Gasteiger partial charge is 0.383 e. The predicted molar refractivity (Wildman–Crippen MR) is 163 cm³/mol. The molecule has 38 heavy (non-hydrogen) atoms. The number of hydrogen-bond acceptors (Lipinski definition) is 6. The Bertz CT molecular complexity index is 1420. The number of fused-ring (bicyclic) bond motifs is 1. The number of aromatic nitrogens is 2. The van der Waals surface area contributed by atoms with Crippen molar-refractivity contribution < 1.29 is 14.3 Å². The molecule has 192 valence electrons. The molecule has 0 saturated heterocycles. The zero-order chi connectivity index (χ0) is 27.7. The Morgan fingerprint density at radius 3 is 2.63 bits per heavy atom. The fraction of sp³-hybridized carbons (Fsp3) is 0.185. The second-order valence-corrected chi connectivity index (χ2v) is 9.14. The van der Waals surface area contributed by atoms with E-state index >= 15 is 0 Å². The molecule has 8 nitrogen and oxygen atoms in total. The fourth-order valence-electron chi connectivity index (χ4n) is 3.72. The van der Waals surface area contributed by atoms with E-state index in [2.05, 4.69) is 20.6 Å². The molecule has 0 aliphatic carbocycles. The quantitative estimate of drug-likeness (QED) is 0.177. The third-order valence-corrected chi connectivity index (χ3v) is 6.35. The molecule has 1 aromatic heterocycles. The summed E-state index contributed by atoms with van der Waals surface area (Å²) in [7, 11) is 7.33. The Balaban J connectivity index is 1.85. The lowest BCUT2D eigenvalue weighted by molar-refractivity contribution is -0.114. The summed E-state index contributed by atoms with van der Waals surface area (Å²) < 4.78 is 5.24. The number of rotatable bonds is 11. The summed E-state index contributed by atoms with van der Waals surface area (Å²) >= 11 is 0. The molecule has 2 amide bonds. The van der Waals surface area contributed by atoms with Crippen LogP contribution >= 0.6 is 0 Å². The van der Waals surface area contributed by atoms with Crippen molar-refractivity contribution in [2.24, 2.45) is 0 Å². The second-order valence-electron chi connectivity index (χ2n) is 9.14. The van der Waals surface area contributed by atoms with Crippen LogP contribution in [0.5, 0.6) is 0 Å². The van der Waals surface area contributed by atoms with Crippen LogP contribution in [0.2, 0.25) is 0 Å². The second kappa shape index (κ2) is 13.4. The van der Waals surface area contributed by atoms with E-state index in [0.717, 1.165) is 44.4 Å². The highest BCUT2D eigenvalue weighted by molar-refractivity contribution is 6.56. The standard InChI is InChI=1S/C27H32B3N5O3/c1-17(9-10-31-16-36)18(2)19-7-8-23-20(13-19)15-32-27(34-23)33-21-5-4-6-22(14-21)35(11-12-38-3)26(37)24(28)25(29)30/h4-10,13-16H,11-12,28-30H2,1-3H3,(H,31,36)(H,32,33,34)/b10-9-,18-17+. The minimum Gasteiger partial charge on any atom is -0.383 e. The SMILES string of the molecule is BC(B)=C(B)C(=O)N(CCOC)c1cccc(Nc2ncc3cc(/C(C)=C(C)/C=C\NC=O)ccc3n2)c1. The number of nitrogens with one attached hydrogen (secondary N) is 2. The van der Waals surface area contributed by atoms with E-state index < -0.39 is 0 Å². The van der Waals surface area contributed by atoms with Gasteiger partial charge in [-0.05, 0) is 72.4 Å². The fourth-order valence-corrected chi connectivity index (χ4v) is 3.72. The monoisotopic (exact) mass is 507 g/mol. The Morgan fingerprint density at radius 1 is 1.13 bits per heavy atom. The van der Waals surface area contributed by atoms with E-state index in [4.69, 9.17) is 4.74 Å². The maximum absolute atomic E-state index is 13.1. The number of allylic oxidation sites excluding steroid dienone is 3. The normalized spacial score (nSPS) is 11.7. The van der Waals surface area contributed by atoms with E-state index in [1.54, 1.807) is 24.4 Å². The van der Waals surface area contributed by atoms with E-state index in [1.807, 2.05) is 85.9 Å². The molecule has 0 atom stereocenters. The van der Waals surface area contributed by atoms with Gasteiger partial charge in [0.15, 0.2) is 0 Å². The van der Waals surface area contributed by atoms with Gasteiger partial charge in [-0.3, -0.25) is 9.59 Å². The van der Waals surface area contributed by atoms with Crippen molar-refractivity contribution in [1.82, 2.24) is 15.3 Å². The summed E-state index contributed by atoms with van der Waals surface area (Å²) in [5.74, 6) is 0.413. The van der Waals surface area contributed by atoms with Gasteiger partial charge >= 0.3 is 0 Å². The number of ether oxygens (including phenoxy) is 1. The number of carbonyl (C=O) groups is 2. The summed E-state index contributed by atoms with van der Waals surface area (Å²) in [4.78, 5) is 34.5. The average molecular weight is 507 g/mol. The summed E-state index contributed by atoms with van der Waals surface area (Å²) in [5.41, 5.74) is 6.23. The lowest BCUT2D eigenvalue weighted by atomic mass is 9.69. The molecule has 3 rings (SSSR count). The first kappa shape index (κ1) is 28.5. The number of amides is 2. The minimum atomic E-state index is -0.0490. The summed E-state index contributed by atoms with van der Waals surface area (Å²) in [6.45, 7) is 4.89. The minimum absolute atomic E-state index is 0.0490. The number of nitrogens with zero attached hydrogens (tertiary/aromatic N) is 3. The zero-order valence-electron chi connectivity index (χ0n) is 22.8. The lowest BCUT2D eigenvalue weighted by Gasteiger charge is -2.24. The van der Waals surface area contributed by atoms with Gasteiger partial charge < -0.3 is 20.3 Å². The molecule has 1 heterocycles. The first-order chi connectivity index (χ1) is 18.2. The van der Waals surface area contributed by atoms with E-state index in [9.17, 15) is 9.59 Å². The van der Waals surface area contributed by atoms with E-state index in [0.29, 0.717) is 31.0 Å². The van der Waals surface area contributed by atoms with Gasteiger partial charge in [-0.25, -0.2) is 9.97 Å². The molecule has 3 aromatic rings. The van der Waals surface area contributed by atoms with Crippen LogP contribution in [0.1, 0.15) is 19.4 Å². The van der Waals surface area contributed by atoms with Crippen molar-refractivity contribution in [3.8, 4) is 0 Å². The van der Waals surface area contributed by atoms with Crippen molar-refractivity contribution in [3.05, 3.63) is 82.9 Å². The Kier molecular flexibility index (Phi) is 10.1. The summed E-state index contributed by atoms with van der Waals surface area (Å²) in [6.07, 6.45) is 5.89. The molecule has 0 bridgehead atoms. The molecule has 0 aliphatic rings. The lowest BCUT2D eigenvalue weighted by Crippen LogP contribution is -2.35. The topological polar surface area (TPSA) is 96.5 Å². The van der Waals surface area contributed by atoms with Crippen LogP contribution in [-0.4, -0.2) is 66.1 Å². The first-order valence-electron chi connectivity index (χ1n) is 12.4. The Hall–Kier alpha value is -4.11. The molecule has 2 N–H and O–H groups in total. The van der Waals surface area contributed by atoms with Crippen molar-refractivity contribution in [3.63, 3.8) is 0 Å². The smallest absolute Gasteiger partial charge is 0.242 e. The molecule has 0 unspecified atom stereocenters. The number of methoxy groups -OCH3 is 1.